The van der Waals surface area contributed by atoms with Crippen LogP contribution in [0, 0.1) is 6.92 Å². The van der Waals surface area contributed by atoms with Gasteiger partial charge >= 0.3 is 0 Å². The molecule has 1 aromatic carbocycles. The van der Waals surface area contributed by atoms with Crippen LogP contribution < -0.4 is 5.32 Å². The molecule has 0 amide bonds. The Hall–Kier alpha value is -1.06. The van der Waals surface area contributed by atoms with E-state index in [9.17, 15) is 10.2 Å². The number of aryl methyl sites for hydroxylation is 1. The normalized spacial score (nSPS) is 16.5. The lowest BCUT2D eigenvalue weighted by Crippen LogP contribution is -2.31. The molecule has 0 bridgehead atoms. The summed E-state index contributed by atoms with van der Waals surface area (Å²) in [5.41, 5.74) is 1.95. The summed E-state index contributed by atoms with van der Waals surface area (Å²) in [4.78, 5) is 0. The van der Waals surface area contributed by atoms with Crippen molar-refractivity contribution in [2.45, 2.75) is 52.3 Å². The summed E-state index contributed by atoms with van der Waals surface area (Å²) in [6.07, 6.45) is 0.396. The lowest BCUT2D eigenvalue weighted by molar-refractivity contribution is 0.168. The predicted molar refractivity (Wildman–Crippen MR) is 70.2 cm³/mol. The Morgan fingerprint density at radius 2 is 1.88 bits per heavy atom. The zero-order valence-electron chi connectivity index (χ0n) is 11.1. The first-order chi connectivity index (χ1) is 7.90. The Bertz CT molecular complexity index is 363. The third-order valence-corrected chi connectivity index (χ3v) is 2.88. The summed E-state index contributed by atoms with van der Waals surface area (Å²) >= 11 is 0. The Labute approximate surface area is 103 Å². The van der Waals surface area contributed by atoms with E-state index in [4.69, 9.17) is 0 Å². The summed E-state index contributed by atoms with van der Waals surface area (Å²) in [6.45, 7) is 7.79. The maximum absolute atomic E-state index is 9.87. The molecule has 1 aromatic rings. The van der Waals surface area contributed by atoms with Gasteiger partial charge in [0.15, 0.2) is 0 Å². The van der Waals surface area contributed by atoms with Gasteiger partial charge in [-0.1, -0.05) is 12.1 Å². The molecule has 0 aliphatic heterocycles. The maximum atomic E-state index is 9.87. The van der Waals surface area contributed by atoms with E-state index in [0.717, 1.165) is 11.1 Å². The number of nitrogens with one attached hydrogen (secondary N) is 1. The van der Waals surface area contributed by atoms with Crippen LogP contribution in [0.25, 0.3) is 0 Å². The molecule has 17 heavy (non-hydrogen) atoms. The second-order valence-electron chi connectivity index (χ2n) is 4.94. The van der Waals surface area contributed by atoms with Crippen LogP contribution in [0.3, 0.4) is 0 Å². The highest BCUT2D eigenvalue weighted by atomic mass is 16.3. The number of aliphatic hydroxyl groups is 1. The molecule has 3 N–H and O–H groups in total. The van der Waals surface area contributed by atoms with E-state index in [1.807, 2.05) is 32.9 Å². The number of aromatic hydroxyl groups is 1. The first-order valence-corrected chi connectivity index (χ1v) is 6.13. The van der Waals surface area contributed by atoms with Crippen LogP contribution in [0.15, 0.2) is 18.2 Å². The van der Waals surface area contributed by atoms with Gasteiger partial charge < -0.3 is 15.5 Å². The lowest BCUT2D eigenvalue weighted by atomic mass is 10.0. The van der Waals surface area contributed by atoms with Crippen LogP contribution in [0.5, 0.6) is 5.75 Å². The molecule has 3 unspecified atom stereocenters. The minimum Gasteiger partial charge on any atom is -0.508 e. The minimum atomic E-state index is -0.309. The standard InChI is InChI=1S/C14H23NO2/c1-9-5-6-13(14(17)7-9)12(4)15-10(2)8-11(3)16/h5-7,10-12,15-17H,8H2,1-4H3. The fourth-order valence-electron chi connectivity index (χ4n) is 2.12. The van der Waals surface area contributed by atoms with Gasteiger partial charge in [-0.25, -0.2) is 0 Å². The molecule has 96 valence electrons. The van der Waals surface area contributed by atoms with E-state index < -0.39 is 0 Å². The van der Waals surface area contributed by atoms with E-state index in [1.165, 1.54) is 0 Å². The molecule has 0 saturated heterocycles. The van der Waals surface area contributed by atoms with Gasteiger partial charge in [-0.2, -0.15) is 0 Å². The number of hydrogen-bond donors (Lipinski definition) is 3. The first kappa shape index (κ1) is 14.0. The Morgan fingerprint density at radius 3 is 2.41 bits per heavy atom. The fraction of sp³-hybridized carbons (Fsp3) is 0.571. The summed E-state index contributed by atoms with van der Waals surface area (Å²) in [7, 11) is 0. The molecule has 0 aliphatic rings. The third-order valence-electron chi connectivity index (χ3n) is 2.88. The molecule has 1 rings (SSSR count). The quantitative estimate of drug-likeness (QED) is 0.737. The molecule has 0 aliphatic carbocycles. The summed E-state index contributed by atoms with van der Waals surface area (Å²) < 4.78 is 0. The molecular weight excluding hydrogens is 214 g/mol. The Balaban J connectivity index is 2.66. The van der Waals surface area contributed by atoms with Crippen molar-refractivity contribution in [3.8, 4) is 5.75 Å². The zero-order valence-corrected chi connectivity index (χ0v) is 11.1. The van der Waals surface area contributed by atoms with Crippen LogP contribution in [-0.2, 0) is 0 Å². The van der Waals surface area contributed by atoms with Gasteiger partial charge in [-0.05, 0) is 45.7 Å². The number of benzene rings is 1. The van der Waals surface area contributed by atoms with Crippen LogP contribution in [-0.4, -0.2) is 22.4 Å². The summed E-state index contributed by atoms with van der Waals surface area (Å²) in [6, 6.07) is 5.99. The van der Waals surface area contributed by atoms with Gasteiger partial charge in [0.05, 0.1) is 6.10 Å². The van der Waals surface area contributed by atoms with Crippen molar-refractivity contribution in [2.75, 3.05) is 0 Å². The Kier molecular flexibility index (Phi) is 4.97. The number of phenolic OH excluding ortho intramolecular Hbond substituents is 1. The molecule has 0 saturated carbocycles. The van der Waals surface area contributed by atoms with E-state index in [2.05, 4.69) is 5.32 Å². The van der Waals surface area contributed by atoms with Crippen molar-refractivity contribution < 1.29 is 10.2 Å². The van der Waals surface area contributed by atoms with E-state index in [-0.39, 0.29) is 18.2 Å². The van der Waals surface area contributed by atoms with Crippen LogP contribution in [0.4, 0.5) is 0 Å². The average Bonchev–Trinajstić information content (AvgIpc) is 2.15. The molecule has 0 aromatic heterocycles. The maximum Gasteiger partial charge on any atom is 0.120 e. The number of rotatable bonds is 5. The summed E-state index contributed by atoms with van der Waals surface area (Å²) in [5.74, 6) is 0.328. The second-order valence-corrected chi connectivity index (χ2v) is 4.94. The van der Waals surface area contributed by atoms with Crippen molar-refractivity contribution in [2.24, 2.45) is 0 Å². The van der Waals surface area contributed by atoms with E-state index in [1.54, 1.807) is 13.0 Å². The van der Waals surface area contributed by atoms with Crippen LogP contribution in [0.2, 0.25) is 0 Å². The molecule has 0 spiro atoms. The highest BCUT2D eigenvalue weighted by Gasteiger charge is 2.14. The fourth-order valence-corrected chi connectivity index (χ4v) is 2.12. The smallest absolute Gasteiger partial charge is 0.120 e. The number of aliphatic hydroxyl groups excluding tert-OH is 1. The van der Waals surface area contributed by atoms with Crippen molar-refractivity contribution in [1.29, 1.82) is 0 Å². The average molecular weight is 237 g/mol. The SMILES string of the molecule is Cc1ccc(C(C)NC(C)CC(C)O)c(O)c1. The van der Waals surface area contributed by atoms with Crippen molar-refractivity contribution in [3.05, 3.63) is 29.3 Å². The van der Waals surface area contributed by atoms with Gasteiger partial charge in [-0.3, -0.25) is 0 Å². The first-order valence-electron chi connectivity index (χ1n) is 6.13. The van der Waals surface area contributed by atoms with Crippen LogP contribution >= 0.6 is 0 Å². The van der Waals surface area contributed by atoms with Gasteiger partial charge in [0.2, 0.25) is 0 Å². The van der Waals surface area contributed by atoms with Gasteiger partial charge in [0.25, 0.3) is 0 Å². The second kappa shape index (κ2) is 6.03. The number of hydrogen-bond acceptors (Lipinski definition) is 3. The molecule has 3 atom stereocenters. The minimum absolute atomic E-state index is 0.0735. The van der Waals surface area contributed by atoms with Crippen LogP contribution in [0.1, 0.15) is 44.4 Å². The predicted octanol–water partition coefficient (Wildman–Crippen LogP) is 2.51. The van der Waals surface area contributed by atoms with Gasteiger partial charge in [-0.15, -0.1) is 0 Å². The van der Waals surface area contributed by atoms with Gasteiger partial charge in [0.1, 0.15) is 5.75 Å². The molecule has 0 heterocycles. The third kappa shape index (κ3) is 4.36. The molecule has 3 nitrogen and oxygen atoms in total. The molecule has 0 radical (unpaired) electrons. The number of phenols is 1. The lowest BCUT2D eigenvalue weighted by Gasteiger charge is -2.22. The van der Waals surface area contributed by atoms with E-state index in [0.29, 0.717) is 12.2 Å². The highest BCUT2D eigenvalue weighted by molar-refractivity contribution is 5.37. The largest absolute Gasteiger partial charge is 0.508 e. The molecule has 3 heteroatoms. The highest BCUT2D eigenvalue weighted by Crippen LogP contribution is 2.25. The van der Waals surface area contributed by atoms with Crippen molar-refractivity contribution in [1.82, 2.24) is 5.32 Å². The van der Waals surface area contributed by atoms with E-state index >= 15 is 0 Å². The van der Waals surface area contributed by atoms with Crippen molar-refractivity contribution >= 4 is 0 Å². The summed E-state index contributed by atoms with van der Waals surface area (Å²) in [5, 5.41) is 22.5. The topological polar surface area (TPSA) is 52.5 Å². The molecular formula is C14H23NO2. The molecule has 0 fully saturated rings. The monoisotopic (exact) mass is 237 g/mol. The zero-order chi connectivity index (χ0) is 13.0. The van der Waals surface area contributed by atoms with Gasteiger partial charge in [0, 0.05) is 17.6 Å². The van der Waals surface area contributed by atoms with Crippen molar-refractivity contribution in [3.63, 3.8) is 0 Å². The Morgan fingerprint density at radius 1 is 1.24 bits per heavy atom.